The van der Waals surface area contributed by atoms with Crippen molar-refractivity contribution in [3.63, 3.8) is 0 Å². The van der Waals surface area contributed by atoms with E-state index in [4.69, 9.17) is 9.63 Å². The lowest BCUT2D eigenvalue weighted by molar-refractivity contribution is 0.0987. The summed E-state index contributed by atoms with van der Waals surface area (Å²) < 4.78 is 4.73. The second-order valence-electron chi connectivity index (χ2n) is 3.51. The minimum Gasteiger partial charge on any atom is -0.395 e. The number of aliphatic hydroxyl groups excluding tert-OH is 1. The summed E-state index contributed by atoms with van der Waals surface area (Å²) >= 11 is 0. The quantitative estimate of drug-likeness (QED) is 0.802. The highest BCUT2D eigenvalue weighted by Crippen LogP contribution is 2.07. The molecule has 0 saturated heterocycles. The second kappa shape index (κ2) is 6.33. The van der Waals surface area contributed by atoms with Gasteiger partial charge >= 0.3 is 0 Å². The third-order valence-electron chi connectivity index (χ3n) is 2.11. The topological polar surface area (TPSA) is 88.2 Å². The van der Waals surface area contributed by atoms with E-state index in [1.165, 1.54) is 12.3 Å². The predicted octanol–water partition coefficient (Wildman–Crippen LogP) is 1.06. The van der Waals surface area contributed by atoms with Crippen molar-refractivity contribution in [3.8, 4) is 11.8 Å². The van der Waals surface area contributed by atoms with Gasteiger partial charge in [-0.25, -0.2) is 4.98 Å². The van der Waals surface area contributed by atoms with Crippen LogP contribution < -0.4 is 5.32 Å². The largest absolute Gasteiger partial charge is 0.395 e. The molecule has 0 aliphatic rings. The maximum absolute atomic E-state index is 11.7. The molecule has 0 saturated carbocycles. The number of hydrogen-bond donors (Lipinski definition) is 2. The lowest BCUT2D eigenvalue weighted by atomic mass is 10.3. The van der Waals surface area contributed by atoms with E-state index in [-0.39, 0.29) is 12.4 Å². The molecule has 2 aromatic heterocycles. The molecular weight excluding hydrogens is 246 g/mol. The van der Waals surface area contributed by atoms with Gasteiger partial charge in [-0.2, -0.15) is 0 Å². The second-order valence-corrected chi connectivity index (χ2v) is 3.51. The van der Waals surface area contributed by atoms with Crippen molar-refractivity contribution in [3.05, 3.63) is 41.9 Å². The molecule has 2 aromatic rings. The normalized spacial score (nSPS) is 9.53. The Morgan fingerprint density at radius 3 is 3.05 bits per heavy atom. The summed E-state index contributed by atoms with van der Waals surface area (Å²) in [7, 11) is 0. The fraction of sp³-hybridized carbons (Fsp3) is 0.154. The minimum atomic E-state index is -0.425. The molecule has 19 heavy (non-hydrogen) atoms. The van der Waals surface area contributed by atoms with Gasteiger partial charge < -0.3 is 14.9 Å². The first-order valence-electron chi connectivity index (χ1n) is 5.58. The predicted molar refractivity (Wildman–Crippen MR) is 67.3 cm³/mol. The highest BCUT2D eigenvalue weighted by molar-refractivity contribution is 6.01. The van der Waals surface area contributed by atoms with E-state index in [0.29, 0.717) is 17.9 Å². The summed E-state index contributed by atoms with van der Waals surface area (Å²) in [6.45, 7) is 0.00885. The molecule has 2 N–H and O–H groups in total. The van der Waals surface area contributed by atoms with Crippen molar-refractivity contribution in [1.82, 2.24) is 10.1 Å². The van der Waals surface area contributed by atoms with E-state index in [9.17, 15) is 4.79 Å². The number of nitrogens with zero attached hydrogens (tertiary/aromatic N) is 2. The van der Waals surface area contributed by atoms with Crippen LogP contribution in [-0.2, 0) is 0 Å². The maximum atomic E-state index is 11.7. The van der Waals surface area contributed by atoms with Crippen molar-refractivity contribution >= 4 is 11.7 Å². The van der Waals surface area contributed by atoms with Crippen LogP contribution in [0.1, 0.15) is 22.7 Å². The van der Waals surface area contributed by atoms with Gasteiger partial charge in [0.1, 0.15) is 11.5 Å². The molecule has 0 bridgehead atoms. The summed E-state index contributed by atoms with van der Waals surface area (Å²) in [5.74, 6) is 5.60. The molecule has 6 nitrogen and oxygen atoms in total. The van der Waals surface area contributed by atoms with Gasteiger partial charge in [0.05, 0.1) is 12.8 Å². The van der Waals surface area contributed by atoms with Crippen LogP contribution in [0.15, 0.2) is 35.0 Å². The average Bonchev–Trinajstić information content (AvgIpc) is 2.93. The van der Waals surface area contributed by atoms with E-state index < -0.39 is 5.91 Å². The summed E-state index contributed by atoms with van der Waals surface area (Å²) in [4.78, 5) is 15.8. The monoisotopic (exact) mass is 257 g/mol. The Morgan fingerprint density at radius 2 is 2.32 bits per heavy atom. The first kappa shape index (κ1) is 12.8. The molecule has 2 heterocycles. The van der Waals surface area contributed by atoms with Gasteiger partial charge in [-0.3, -0.25) is 4.79 Å². The lowest BCUT2D eigenvalue weighted by Crippen LogP contribution is -2.12. The van der Waals surface area contributed by atoms with Gasteiger partial charge in [-0.15, -0.1) is 0 Å². The first-order valence-corrected chi connectivity index (χ1v) is 5.58. The molecule has 0 unspecified atom stereocenters. The van der Waals surface area contributed by atoms with Crippen LogP contribution in [0.2, 0.25) is 0 Å². The summed E-state index contributed by atoms with van der Waals surface area (Å²) in [5, 5.41) is 14.7. The Hall–Kier alpha value is -2.65. The molecule has 0 aliphatic carbocycles. The lowest BCUT2D eigenvalue weighted by Gasteiger charge is -2.01. The molecule has 6 heteroatoms. The van der Waals surface area contributed by atoms with E-state index >= 15 is 0 Å². The number of aliphatic hydroxyl groups is 1. The molecular formula is C13H11N3O3. The molecule has 0 aliphatic heterocycles. The zero-order valence-electron chi connectivity index (χ0n) is 9.96. The molecule has 96 valence electrons. The fourth-order valence-electron chi connectivity index (χ4n) is 1.29. The SMILES string of the molecule is O=C(Nc1cccc(C#CCCO)n1)c1ccno1. The number of aromatic nitrogens is 2. The molecule has 0 fully saturated rings. The van der Waals surface area contributed by atoms with Crippen LogP contribution in [0.3, 0.4) is 0 Å². The number of anilines is 1. The van der Waals surface area contributed by atoms with Crippen LogP contribution in [0, 0.1) is 11.8 Å². The number of amides is 1. The third-order valence-corrected chi connectivity index (χ3v) is 2.11. The van der Waals surface area contributed by atoms with Crippen LogP contribution in [-0.4, -0.2) is 27.8 Å². The van der Waals surface area contributed by atoms with Gasteiger partial charge in [0.25, 0.3) is 5.91 Å². The van der Waals surface area contributed by atoms with Gasteiger partial charge in [0.2, 0.25) is 5.76 Å². The van der Waals surface area contributed by atoms with Crippen molar-refractivity contribution in [2.75, 3.05) is 11.9 Å². The summed E-state index contributed by atoms with van der Waals surface area (Å²) in [5.41, 5.74) is 0.517. The zero-order valence-corrected chi connectivity index (χ0v) is 9.96. The van der Waals surface area contributed by atoms with E-state index in [0.717, 1.165) is 0 Å². The standard InChI is InChI=1S/C13H11N3O3/c17-9-2-1-4-10-5-3-6-12(15-10)16-13(18)11-7-8-14-19-11/h3,5-8,17H,2,9H2,(H,15,16,18). The van der Waals surface area contributed by atoms with Gasteiger partial charge in [0, 0.05) is 12.5 Å². The number of hydrogen-bond acceptors (Lipinski definition) is 5. The molecule has 0 radical (unpaired) electrons. The molecule has 1 amide bonds. The zero-order chi connectivity index (χ0) is 13.5. The first-order chi connectivity index (χ1) is 9.29. The van der Waals surface area contributed by atoms with Gasteiger partial charge in [-0.05, 0) is 18.1 Å². The Bertz CT molecular complexity index is 612. The van der Waals surface area contributed by atoms with Crippen molar-refractivity contribution in [2.45, 2.75) is 6.42 Å². The molecule has 2 rings (SSSR count). The summed E-state index contributed by atoms with van der Waals surface area (Å²) in [6.07, 6.45) is 1.77. The van der Waals surface area contributed by atoms with Crippen LogP contribution in [0.4, 0.5) is 5.82 Å². The number of nitrogens with one attached hydrogen (secondary N) is 1. The molecule has 0 spiro atoms. The highest BCUT2D eigenvalue weighted by atomic mass is 16.5. The van der Waals surface area contributed by atoms with E-state index in [1.54, 1.807) is 18.2 Å². The Labute approximate surface area is 109 Å². The van der Waals surface area contributed by atoms with Crippen LogP contribution in [0.25, 0.3) is 0 Å². The van der Waals surface area contributed by atoms with Crippen molar-refractivity contribution in [1.29, 1.82) is 0 Å². The van der Waals surface area contributed by atoms with Crippen molar-refractivity contribution in [2.24, 2.45) is 0 Å². The number of pyridine rings is 1. The third kappa shape index (κ3) is 3.66. The molecule has 0 atom stereocenters. The Kier molecular flexibility index (Phi) is 4.26. The van der Waals surface area contributed by atoms with Crippen LogP contribution >= 0.6 is 0 Å². The number of rotatable bonds is 3. The summed E-state index contributed by atoms with van der Waals surface area (Å²) in [6, 6.07) is 6.55. The fourth-order valence-corrected chi connectivity index (χ4v) is 1.29. The van der Waals surface area contributed by atoms with Gasteiger partial charge in [-0.1, -0.05) is 17.1 Å². The highest BCUT2D eigenvalue weighted by Gasteiger charge is 2.10. The van der Waals surface area contributed by atoms with Crippen LogP contribution in [0.5, 0.6) is 0 Å². The smallest absolute Gasteiger partial charge is 0.295 e. The Morgan fingerprint density at radius 1 is 1.42 bits per heavy atom. The molecule has 0 aromatic carbocycles. The van der Waals surface area contributed by atoms with E-state index in [1.807, 2.05) is 0 Å². The van der Waals surface area contributed by atoms with Crippen molar-refractivity contribution < 1.29 is 14.4 Å². The number of carbonyl (C=O) groups is 1. The Balaban J connectivity index is 2.07. The van der Waals surface area contributed by atoms with Gasteiger partial charge in [0.15, 0.2) is 0 Å². The maximum Gasteiger partial charge on any atom is 0.295 e. The number of carbonyl (C=O) groups excluding carboxylic acids is 1. The minimum absolute atomic E-state index is 0.00885. The average molecular weight is 257 g/mol. The van der Waals surface area contributed by atoms with E-state index in [2.05, 4.69) is 27.3 Å².